The van der Waals surface area contributed by atoms with Crippen LogP contribution in [-0.4, -0.2) is 36.9 Å². The van der Waals surface area contributed by atoms with Gasteiger partial charge in [0.15, 0.2) is 0 Å². The summed E-state index contributed by atoms with van der Waals surface area (Å²) in [6.07, 6.45) is 3.65. The van der Waals surface area contributed by atoms with Crippen LogP contribution in [0.5, 0.6) is 5.75 Å². The first-order chi connectivity index (χ1) is 19.3. The average Bonchev–Trinajstić information content (AvgIpc) is 2.91. The van der Waals surface area contributed by atoms with E-state index in [2.05, 4.69) is 5.32 Å². The minimum Gasteiger partial charge on any atom is -0.492 e. The van der Waals surface area contributed by atoms with Crippen molar-refractivity contribution in [3.8, 4) is 5.75 Å². The summed E-state index contributed by atoms with van der Waals surface area (Å²) in [5.41, 5.74) is 3.02. The van der Waals surface area contributed by atoms with Gasteiger partial charge in [-0.1, -0.05) is 36.2 Å². The highest BCUT2D eigenvalue weighted by atomic mass is 35.5. The number of nitrogens with zero attached hydrogens (tertiary/aromatic N) is 2. The van der Waals surface area contributed by atoms with Crippen LogP contribution in [0.2, 0.25) is 5.02 Å². The number of anilines is 2. The minimum atomic E-state index is -0.227. The van der Waals surface area contributed by atoms with Crippen LogP contribution < -0.4 is 19.9 Å². The molecule has 0 bridgehead atoms. The molecule has 1 saturated carbocycles. The molecule has 0 saturated heterocycles. The lowest BCUT2D eigenvalue weighted by molar-refractivity contribution is -0.127. The zero-order valence-electron chi connectivity index (χ0n) is 22.8. The summed E-state index contributed by atoms with van der Waals surface area (Å²) < 4.78 is 5.77. The standard InChI is InChI=1S/C32H34ClN3O4/c1-21-20-30(36(22(2)37)26-14-12-25(33)13-15-26)28-8-3-4-9-29(28)35(21)32(39)24-10-16-27(17-11-24)40-19-18-34-31(38)23-6-5-7-23/h3-4,8-17,21,23,30H,5-7,18-20H2,1-2H3,(H,34,38)/t21-,30+/m0/s1. The van der Waals surface area contributed by atoms with E-state index < -0.39 is 0 Å². The molecule has 2 atom stereocenters. The van der Waals surface area contributed by atoms with E-state index in [0.29, 0.717) is 35.9 Å². The number of carbonyl (C=O) groups excluding carboxylic acids is 3. The van der Waals surface area contributed by atoms with Crippen LogP contribution in [0.15, 0.2) is 72.8 Å². The Hall–Kier alpha value is -3.84. The quantitative estimate of drug-likeness (QED) is 0.335. The summed E-state index contributed by atoms with van der Waals surface area (Å²) in [4.78, 5) is 42.2. The maximum Gasteiger partial charge on any atom is 0.258 e. The minimum absolute atomic E-state index is 0.0766. The summed E-state index contributed by atoms with van der Waals surface area (Å²) in [6, 6.07) is 21.7. The lowest BCUT2D eigenvalue weighted by Crippen LogP contribution is -2.47. The van der Waals surface area contributed by atoms with E-state index in [-0.39, 0.29) is 35.7 Å². The number of rotatable bonds is 8. The van der Waals surface area contributed by atoms with E-state index in [4.69, 9.17) is 16.3 Å². The second-order valence-electron chi connectivity index (χ2n) is 10.5. The molecule has 0 spiro atoms. The highest BCUT2D eigenvalue weighted by molar-refractivity contribution is 6.30. The van der Waals surface area contributed by atoms with Crippen LogP contribution in [-0.2, 0) is 9.59 Å². The SMILES string of the molecule is CC(=O)N(c1ccc(Cl)cc1)[C@@H]1C[C@H](C)N(C(=O)c2ccc(OCCNC(=O)C3CCC3)cc2)c2ccccc21. The first-order valence-electron chi connectivity index (χ1n) is 13.8. The number of hydrogen-bond donors (Lipinski definition) is 1. The van der Waals surface area contributed by atoms with Crippen LogP contribution in [0.1, 0.15) is 61.5 Å². The third kappa shape index (κ3) is 5.85. The van der Waals surface area contributed by atoms with Gasteiger partial charge in [-0.05, 0) is 86.3 Å². The Balaban J connectivity index is 1.30. The molecule has 3 amide bonds. The lowest BCUT2D eigenvalue weighted by atomic mass is 9.85. The fraction of sp³-hybridized carbons (Fsp3) is 0.344. The predicted octanol–water partition coefficient (Wildman–Crippen LogP) is 6.17. The van der Waals surface area contributed by atoms with Gasteiger partial charge in [-0.2, -0.15) is 0 Å². The van der Waals surface area contributed by atoms with Crippen molar-refractivity contribution in [1.29, 1.82) is 0 Å². The van der Waals surface area contributed by atoms with Crippen molar-refractivity contribution in [2.24, 2.45) is 5.92 Å². The molecular weight excluding hydrogens is 526 g/mol. The van der Waals surface area contributed by atoms with Crippen molar-refractivity contribution in [3.05, 3.63) is 88.9 Å². The van der Waals surface area contributed by atoms with Gasteiger partial charge in [0.25, 0.3) is 5.91 Å². The molecule has 3 aromatic rings. The van der Waals surface area contributed by atoms with E-state index in [1.807, 2.05) is 48.2 Å². The smallest absolute Gasteiger partial charge is 0.258 e. The Bertz CT molecular complexity index is 1370. The highest BCUT2D eigenvalue weighted by Crippen LogP contribution is 2.43. The van der Waals surface area contributed by atoms with Crippen LogP contribution in [0.25, 0.3) is 0 Å². The number of fused-ring (bicyclic) bond motifs is 1. The number of para-hydroxylation sites is 1. The molecule has 1 heterocycles. The summed E-state index contributed by atoms with van der Waals surface area (Å²) in [6.45, 7) is 4.39. The van der Waals surface area contributed by atoms with E-state index in [1.54, 1.807) is 48.2 Å². The van der Waals surface area contributed by atoms with Gasteiger partial charge in [0.1, 0.15) is 12.4 Å². The van der Waals surface area contributed by atoms with Gasteiger partial charge >= 0.3 is 0 Å². The summed E-state index contributed by atoms with van der Waals surface area (Å²) in [5, 5.41) is 3.52. The van der Waals surface area contributed by atoms with Crippen LogP contribution in [0, 0.1) is 5.92 Å². The fourth-order valence-corrected chi connectivity index (χ4v) is 5.64. The summed E-state index contributed by atoms with van der Waals surface area (Å²) in [7, 11) is 0. The second-order valence-corrected chi connectivity index (χ2v) is 10.9. The number of carbonyl (C=O) groups is 3. The number of nitrogens with one attached hydrogen (secondary N) is 1. The van der Waals surface area contributed by atoms with Gasteiger partial charge in [0.2, 0.25) is 11.8 Å². The Kier molecular flexibility index (Phi) is 8.40. The van der Waals surface area contributed by atoms with Crippen molar-refractivity contribution in [2.75, 3.05) is 23.0 Å². The highest BCUT2D eigenvalue weighted by Gasteiger charge is 2.38. The van der Waals surface area contributed by atoms with Crippen molar-refractivity contribution in [1.82, 2.24) is 5.32 Å². The van der Waals surface area contributed by atoms with Gasteiger partial charge in [-0.25, -0.2) is 0 Å². The zero-order valence-corrected chi connectivity index (χ0v) is 23.6. The van der Waals surface area contributed by atoms with Gasteiger partial charge in [0, 0.05) is 40.8 Å². The molecule has 3 aromatic carbocycles. The van der Waals surface area contributed by atoms with E-state index in [9.17, 15) is 14.4 Å². The van der Waals surface area contributed by atoms with Crippen molar-refractivity contribution >= 4 is 40.7 Å². The average molecular weight is 560 g/mol. The summed E-state index contributed by atoms with van der Waals surface area (Å²) >= 11 is 6.10. The number of ether oxygens (including phenoxy) is 1. The third-order valence-corrected chi connectivity index (χ3v) is 8.03. The Labute approximate surface area is 240 Å². The van der Waals surface area contributed by atoms with E-state index >= 15 is 0 Å². The first kappa shape index (κ1) is 27.7. The molecule has 0 unspecified atom stereocenters. The topological polar surface area (TPSA) is 79.0 Å². The van der Waals surface area contributed by atoms with Crippen molar-refractivity contribution in [2.45, 2.75) is 51.6 Å². The van der Waals surface area contributed by atoms with Gasteiger partial charge in [-0.3, -0.25) is 14.4 Å². The molecule has 7 nitrogen and oxygen atoms in total. The molecule has 1 aliphatic heterocycles. The molecule has 1 N–H and O–H groups in total. The molecule has 2 aliphatic rings. The van der Waals surface area contributed by atoms with Crippen LogP contribution >= 0.6 is 11.6 Å². The molecule has 40 heavy (non-hydrogen) atoms. The summed E-state index contributed by atoms with van der Waals surface area (Å²) in [5.74, 6) is 0.715. The predicted molar refractivity (Wildman–Crippen MR) is 157 cm³/mol. The number of benzene rings is 3. The Morgan fingerprint density at radius 1 is 1.00 bits per heavy atom. The normalized spacial score (nSPS) is 18.3. The zero-order chi connectivity index (χ0) is 28.2. The number of amides is 3. The molecule has 1 aliphatic carbocycles. The molecule has 208 valence electrons. The lowest BCUT2D eigenvalue weighted by Gasteiger charge is -2.43. The molecule has 8 heteroatoms. The third-order valence-electron chi connectivity index (χ3n) is 7.78. The van der Waals surface area contributed by atoms with Crippen LogP contribution in [0.4, 0.5) is 11.4 Å². The Morgan fingerprint density at radius 2 is 1.70 bits per heavy atom. The number of halogens is 1. The number of hydrogen-bond acceptors (Lipinski definition) is 4. The maximum absolute atomic E-state index is 13.8. The van der Waals surface area contributed by atoms with Gasteiger partial charge in [-0.15, -0.1) is 0 Å². The maximum atomic E-state index is 13.8. The largest absolute Gasteiger partial charge is 0.492 e. The van der Waals surface area contributed by atoms with E-state index in [1.165, 1.54) is 0 Å². The van der Waals surface area contributed by atoms with Crippen molar-refractivity contribution in [3.63, 3.8) is 0 Å². The molecular formula is C32H34ClN3O4. The molecule has 0 radical (unpaired) electrons. The molecule has 0 aromatic heterocycles. The van der Waals surface area contributed by atoms with Crippen molar-refractivity contribution < 1.29 is 19.1 Å². The monoisotopic (exact) mass is 559 g/mol. The first-order valence-corrected chi connectivity index (χ1v) is 14.2. The van der Waals surface area contributed by atoms with Gasteiger partial charge < -0.3 is 19.9 Å². The van der Waals surface area contributed by atoms with E-state index in [0.717, 1.165) is 36.2 Å². The molecule has 1 fully saturated rings. The van der Waals surface area contributed by atoms with Crippen LogP contribution in [0.3, 0.4) is 0 Å². The fourth-order valence-electron chi connectivity index (χ4n) is 5.51. The molecule has 5 rings (SSSR count). The van der Waals surface area contributed by atoms with Gasteiger partial charge in [0.05, 0.1) is 12.6 Å². The second kappa shape index (κ2) is 12.1. The Morgan fingerprint density at radius 3 is 2.35 bits per heavy atom.